The van der Waals surface area contributed by atoms with E-state index in [-0.39, 0.29) is 23.0 Å². The fraction of sp³-hybridized carbons (Fsp3) is 1.00. The predicted molar refractivity (Wildman–Crippen MR) is 67.4 cm³/mol. The Morgan fingerprint density at radius 1 is 1.31 bits per heavy atom. The molecule has 0 heterocycles. The van der Waals surface area contributed by atoms with E-state index in [0.29, 0.717) is 12.5 Å². The minimum atomic E-state index is -0.371. The molecule has 0 saturated heterocycles. The van der Waals surface area contributed by atoms with Gasteiger partial charge in [0.1, 0.15) is 0 Å². The number of hydrogen-bond acceptors (Lipinski definition) is 2. The van der Waals surface area contributed by atoms with Crippen molar-refractivity contribution in [2.24, 2.45) is 16.7 Å². The summed E-state index contributed by atoms with van der Waals surface area (Å²) in [7, 11) is 0. The van der Waals surface area contributed by atoms with E-state index in [2.05, 4.69) is 34.6 Å². The van der Waals surface area contributed by atoms with E-state index in [0.717, 1.165) is 0 Å². The van der Waals surface area contributed by atoms with Crippen molar-refractivity contribution in [3.63, 3.8) is 0 Å². The van der Waals surface area contributed by atoms with Crippen LogP contribution in [0.3, 0.4) is 0 Å². The molecule has 2 nitrogen and oxygen atoms in total. The summed E-state index contributed by atoms with van der Waals surface area (Å²) in [6.07, 6.45) is 2.35. The maximum absolute atomic E-state index is 9.36. The minimum Gasteiger partial charge on any atom is -0.391 e. The van der Waals surface area contributed by atoms with E-state index in [1.54, 1.807) is 6.92 Å². The summed E-state index contributed by atoms with van der Waals surface area (Å²) in [6, 6.07) is 0. The van der Waals surface area contributed by atoms with E-state index in [1.807, 2.05) is 0 Å². The molecule has 96 valence electrons. The van der Waals surface area contributed by atoms with Crippen molar-refractivity contribution in [1.82, 2.24) is 0 Å². The first-order valence-corrected chi connectivity index (χ1v) is 6.47. The van der Waals surface area contributed by atoms with Gasteiger partial charge in [-0.3, -0.25) is 0 Å². The first-order valence-electron chi connectivity index (χ1n) is 6.47. The zero-order chi connectivity index (χ0) is 12.6. The normalized spacial score (nSPS) is 34.7. The third-order valence-electron chi connectivity index (χ3n) is 4.38. The van der Waals surface area contributed by atoms with E-state index in [9.17, 15) is 5.11 Å². The van der Waals surface area contributed by atoms with E-state index in [4.69, 9.17) is 4.74 Å². The molecule has 0 amide bonds. The monoisotopic (exact) mass is 228 g/mol. The number of aliphatic hydroxyl groups excluding tert-OH is 1. The second-order valence-electron chi connectivity index (χ2n) is 6.81. The molecule has 1 saturated carbocycles. The van der Waals surface area contributed by atoms with Crippen molar-refractivity contribution in [1.29, 1.82) is 0 Å². The predicted octanol–water partition coefficient (Wildman–Crippen LogP) is 3.23. The summed E-state index contributed by atoms with van der Waals surface area (Å²) in [5, 5.41) is 9.36. The SMILES string of the molecule is C[C@H](O)CO[C@H]1C(C)(C)CC[C@@H](C)C1(C)C. The van der Waals surface area contributed by atoms with Gasteiger partial charge in [-0.15, -0.1) is 0 Å². The molecule has 0 aromatic heterocycles. The van der Waals surface area contributed by atoms with Crippen LogP contribution in [0.4, 0.5) is 0 Å². The quantitative estimate of drug-likeness (QED) is 0.803. The van der Waals surface area contributed by atoms with Crippen LogP contribution in [0.1, 0.15) is 54.4 Å². The maximum Gasteiger partial charge on any atom is 0.0745 e. The highest BCUT2D eigenvalue weighted by Crippen LogP contribution is 2.50. The van der Waals surface area contributed by atoms with Crippen molar-refractivity contribution < 1.29 is 9.84 Å². The number of rotatable bonds is 3. The summed E-state index contributed by atoms with van der Waals surface area (Å²) < 4.78 is 6.00. The Morgan fingerprint density at radius 3 is 2.38 bits per heavy atom. The Bertz CT molecular complexity index is 231. The van der Waals surface area contributed by atoms with Gasteiger partial charge in [0.25, 0.3) is 0 Å². The molecule has 16 heavy (non-hydrogen) atoms. The second-order valence-corrected chi connectivity index (χ2v) is 6.81. The lowest BCUT2D eigenvalue weighted by Crippen LogP contribution is -2.51. The van der Waals surface area contributed by atoms with Crippen molar-refractivity contribution in [2.45, 2.75) is 66.6 Å². The van der Waals surface area contributed by atoms with Gasteiger partial charge in [-0.1, -0.05) is 34.6 Å². The van der Waals surface area contributed by atoms with Gasteiger partial charge in [0, 0.05) is 0 Å². The van der Waals surface area contributed by atoms with Gasteiger partial charge in [0.05, 0.1) is 18.8 Å². The van der Waals surface area contributed by atoms with E-state index < -0.39 is 0 Å². The molecule has 0 aromatic carbocycles. The molecule has 0 radical (unpaired) electrons. The van der Waals surface area contributed by atoms with Crippen LogP contribution in [0, 0.1) is 16.7 Å². The highest BCUT2D eigenvalue weighted by atomic mass is 16.5. The van der Waals surface area contributed by atoms with Gasteiger partial charge in [-0.2, -0.15) is 0 Å². The summed E-state index contributed by atoms with van der Waals surface area (Å²) in [4.78, 5) is 0. The molecular formula is C14H28O2. The Balaban J connectivity index is 2.79. The first kappa shape index (κ1) is 14.0. The Morgan fingerprint density at radius 2 is 1.88 bits per heavy atom. The number of hydrogen-bond donors (Lipinski definition) is 1. The smallest absolute Gasteiger partial charge is 0.0745 e. The molecule has 0 unspecified atom stereocenters. The van der Waals surface area contributed by atoms with Crippen molar-refractivity contribution in [2.75, 3.05) is 6.61 Å². The van der Waals surface area contributed by atoms with Crippen LogP contribution in [0.5, 0.6) is 0 Å². The zero-order valence-electron chi connectivity index (χ0n) is 11.7. The zero-order valence-corrected chi connectivity index (χ0v) is 11.7. The molecular weight excluding hydrogens is 200 g/mol. The molecule has 1 fully saturated rings. The lowest BCUT2D eigenvalue weighted by atomic mass is 9.58. The van der Waals surface area contributed by atoms with Crippen LogP contribution in [-0.2, 0) is 4.74 Å². The van der Waals surface area contributed by atoms with Crippen LogP contribution in [0.15, 0.2) is 0 Å². The third kappa shape index (κ3) is 2.78. The molecule has 1 N–H and O–H groups in total. The average Bonchev–Trinajstić information content (AvgIpc) is 2.11. The third-order valence-corrected chi connectivity index (χ3v) is 4.38. The molecule has 2 heteroatoms. The average molecular weight is 228 g/mol. The molecule has 3 atom stereocenters. The van der Waals surface area contributed by atoms with Gasteiger partial charge >= 0.3 is 0 Å². The van der Waals surface area contributed by atoms with Crippen molar-refractivity contribution in [3.05, 3.63) is 0 Å². The van der Waals surface area contributed by atoms with Gasteiger partial charge in [0.15, 0.2) is 0 Å². The van der Waals surface area contributed by atoms with Gasteiger partial charge in [0.2, 0.25) is 0 Å². The van der Waals surface area contributed by atoms with Gasteiger partial charge < -0.3 is 9.84 Å². The van der Waals surface area contributed by atoms with Crippen LogP contribution < -0.4 is 0 Å². The fourth-order valence-electron chi connectivity index (χ4n) is 3.03. The Kier molecular flexibility index (Phi) is 4.07. The summed E-state index contributed by atoms with van der Waals surface area (Å²) in [5.41, 5.74) is 0.404. The van der Waals surface area contributed by atoms with Crippen molar-refractivity contribution >= 4 is 0 Å². The lowest BCUT2D eigenvalue weighted by molar-refractivity contribution is -0.154. The number of aliphatic hydroxyl groups is 1. The largest absolute Gasteiger partial charge is 0.391 e. The molecule has 1 rings (SSSR count). The molecule has 0 bridgehead atoms. The van der Waals surface area contributed by atoms with Crippen LogP contribution in [0.25, 0.3) is 0 Å². The standard InChI is InChI=1S/C14H28O2/c1-10-7-8-13(3,4)12(14(10,5)6)16-9-11(2)15/h10-12,15H,7-9H2,1-6H3/t10-,11+,12+/m1/s1. The maximum atomic E-state index is 9.36. The highest BCUT2D eigenvalue weighted by Gasteiger charge is 2.48. The van der Waals surface area contributed by atoms with Crippen LogP contribution >= 0.6 is 0 Å². The fourth-order valence-corrected chi connectivity index (χ4v) is 3.03. The number of ether oxygens (including phenoxy) is 1. The van der Waals surface area contributed by atoms with E-state index >= 15 is 0 Å². The molecule has 0 spiro atoms. The van der Waals surface area contributed by atoms with Crippen molar-refractivity contribution in [3.8, 4) is 0 Å². The van der Waals surface area contributed by atoms with E-state index in [1.165, 1.54) is 12.8 Å². The summed E-state index contributed by atoms with van der Waals surface area (Å²) >= 11 is 0. The summed E-state index contributed by atoms with van der Waals surface area (Å²) in [5.74, 6) is 0.680. The molecule has 0 aromatic rings. The van der Waals surface area contributed by atoms with Crippen LogP contribution in [0.2, 0.25) is 0 Å². The molecule has 1 aliphatic carbocycles. The Hall–Kier alpha value is -0.0800. The molecule has 1 aliphatic rings. The second kappa shape index (κ2) is 4.66. The first-order chi connectivity index (χ1) is 7.18. The summed E-state index contributed by atoms with van der Waals surface area (Å²) in [6.45, 7) is 13.7. The molecule has 0 aliphatic heterocycles. The van der Waals surface area contributed by atoms with Crippen LogP contribution in [-0.4, -0.2) is 23.9 Å². The van der Waals surface area contributed by atoms with Gasteiger partial charge in [-0.05, 0) is 36.5 Å². The lowest BCUT2D eigenvalue weighted by Gasteiger charge is -2.52. The minimum absolute atomic E-state index is 0.191. The van der Waals surface area contributed by atoms with Gasteiger partial charge in [-0.25, -0.2) is 0 Å². The Labute approximate surface area is 100 Å². The highest BCUT2D eigenvalue weighted by molar-refractivity contribution is 4.97. The topological polar surface area (TPSA) is 29.5 Å².